The number of amides is 2. The molecule has 134 valence electrons. The molecule has 0 saturated carbocycles. The number of carbonyl (C=O) groups is 2. The Morgan fingerprint density at radius 3 is 2.48 bits per heavy atom. The van der Waals surface area contributed by atoms with E-state index in [1.165, 1.54) is 6.07 Å². The van der Waals surface area contributed by atoms with E-state index >= 15 is 0 Å². The first-order chi connectivity index (χ1) is 12.0. The van der Waals surface area contributed by atoms with Gasteiger partial charge >= 0.3 is 0 Å². The monoisotopic (exact) mass is 346 g/mol. The first kappa shape index (κ1) is 16.3. The zero-order chi connectivity index (χ0) is 17.6. The van der Waals surface area contributed by atoms with Crippen molar-refractivity contribution in [2.75, 3.05) is 39.4 Å². The Morgan fingerprint density at radius 1 is 1.20 bits per heavy atom. The highest BCUT2D eigenvalue weighted by atomic mass is 16.5. The van der Waals surface area contributed by atoms with Crippen molar-refractivity contribution in [1.82, 2.24) is 19.8 Å². The van der Waals surface area contributed by atoms with Crippen molar-refractivity contribution in [2.24, 2.45) is 17.8 Å². The molecule has 1 aromatic heterocycles. The van der Waals surface area contributed by atoms with Gasteiger partial charge in [0.05, 0.1) is 12.5 Å². The summed E-state index contributed by atoms with van der Waals surface area (Å²) in [5.41, 5.74) is -0.122. The van der Waals surface area contributed by atoms with Gasteiger partial charge in [-0.05, 0) is 13.3 Å². The number of fused-ring (bicyclic) bond motifs is 1. The maximum absolute atomic E-state index is 12.6. The molecule has 3 aliphatic rings. The van der Waals surface area contributed by atoms with Crippen LogP contribution in [0.15, 0.2) is 10.9 Å². The summed E-state index contributed by atoms with van der Waals surface area (Å²) in [7, 11) is 0. The van der Waals surface area contributed by atoms with E-state index in [9.17, 15) is 14.4 Å². The third-order valence-electron chi connectivity index (χ3n) is 5.44. The molecule has 0 spiro atoms. The SMILES string of the molecule is Cc1nc(C(=O)N2C[C@@H]3CN(C(=O)C4CCOC4)C[C@@H]3C2)cc(=O)[nH]1. The topological polar surface area (TPSA) is 95.6 Å². The number of hydrogen-bond donors (Lipinski definition) is 1. The second-order valence-electron chi connectivity index (χ2n) is 7.25. The summed E-state index contributed by atoms with van der Waals surface area (Å²) in [4.78, 5) is 47.1. The Labute approximate surface area is 145 Å². The normalized spacial score (nSPS) is 28.4. The Kier molecular flexibility index (Phi) is 4.07. The second kappa shape index (κ2) is 6.25. The van der Waals surface area contributed by atoms with Crippen molar-refractivity contribution in [2.45, 2.75) is 13.3 Å². The fourth-order valence-electron chi connectivity index (χ4n) is 4.18. The van der Waals surface area contributed by atoms with Crippen molar-refractivity contribution in [1.29, 1.82) is 0 Å². The lowest BCUT2D eigenvalue weighted by Gasteiger charge is -2.23. The molecule has 0 aliphatic carbocycles. The molecular weight excluding hydrogens is 324 g/mol. The van der Waals surface area contributed by atoms with E-state index in [2.05, 4.69) is 9.97 Å². The van der Waals surface area contributed by atoms with Crippen molar-refractivity contribution in [3.63, 3.8) is 0 Å². The standard InChI is InChI=1S/C17H22N4O4/c1-10-18-14(4-15(22)19-10)17(24)21-7-12-5-20(6-13(12)8-21)16(23)11-2-3-25-9-11/h4,11-13H,2-3,5-9H2,1H3,(H,18,19,22)/t11?,12-,13+. The predicted molar refractivity (Wildman–Crippen MR) is 88.0 cm³/mol. The van der Waals surface area contributed by atoms with Gasteiger partial charge in [0.15, 0.2) is 0 Å². The number of nitrogens with one attached hydrogen (secondary N) is 1. The van der Waals surface area contributed by atoms with E-state index in [0.717, 1.165) is 6.42 Å². The molecule has 2 amide bonds. The minimum atomic E-state index is -0.314. The second-order valence-corrected chi connectivity index (χ2v) is 7.25. The smallest absolute Gasteiger partial charge is 0.272 e. The Bertz CT molecular complexity index is 741. The van der Waals surface area contributed by atoms with Crippen LogP contribution in [-0.2, 0) is 9.53 Å². The highest BCUT2D eigenvalue weighted by molar-refractivity contribution is 5.92. The van der Waals surface area contributed by atoms with Crippen LogP contribution in [0.25, 0.3) is 0 Å². The third kappa shape index (κ3) is 3.06. The number of carbonyl (C=O) groups excluding carboxylic acids is 2. The van der Waals surface area contributed by atoms with E-state index in [4.69, 9.17) is 4.74 Å². The summed E-state index contributed by atoms with van der Waals surface area (Å²) in [5.74, 6) is 1.03. The van der Waals surface area contributed by atoms with E-state index in [1.807, 2.05) is 4.90 Å². The van der Waals surface area contributed by atoms with E-state index in [-0.39, 0.29) is 29.0 Å². The molecule has 1 unspecified atom stereocenters. The lowest BCUT2D eigenvalue weighted by atomic mass is 10.0. The van der Waals surface area contributed by atoms with Gasteiger partial charge in [-0.25, -0.2) is 4.98 Å². The number of likely N-dealkylation sites (tertiary alicyclic amines) is 2. The average Bonchev–Trinajstić information content (AvgIpc) is 3.28. The van der Waals surface area contributed by atoms with Gasteiger partial charge in [0.2, 0.25) is 5.91 Å². The van der Waals surface area contributed by atoms with Gasteiger partial charge in [-0.3, -0.25) is 14.4 Å². The zero-order valence-corrected chi connectivity index (χ0v) is 14.2. The van der Waals surface area contributed by atoms with E-state index in [1.54, 1.807) is 11.8 Å². The quantitative estimate of drug-likeness (QED) is 0.789. The highest BCUT2D eigenvalue weighted by Crippen LogP contribution is 2.33. The first-order valence-electron chi connectivity index (χ1n) is 8.75. The fourth-order valence-corrected chi connectivity index (χ4v) is 4.18. The minimum absolute atomic E-state index is 0.000203. The number of nitrogens with zero attached hydrogens (tertiary/aromatic N) is 3. The van der Waals surface area contributed by atoms with Gasteiger partial charge in [-0.1, -0.05) is 0 Å². The summed E-state index contributed by atoms with van der Waals surface area (Å²) in [6.07, 6.45) is 0.808. The zero-order valence-electron chi connectivity index (χ0n) is 14.2. The summed E-state index contributed by atoms with van der Waals surface area (Å²) in [6.45, 7) is 5.49. The maximum Gasteiger partial charge on any atom is 0.272 e. The summed E-state index contributed by atoms with van der Waals surface area (Å²) >= 11 is 0. The molecular formula is C17H22N4O4. The van der Waals surface area contributed by atoms with Crippen LogP contribution in [0.4, 0.5) is 0 Å². The first-order valence-corrected chi connectivity index (χ1v) is 8.75. The number of rotatable bonds is 2. The molecule has 3 saturated heterocycles. The molecule has 0 aromatic carbocycles. The number of aromatic amines is 1. The van der Waals surface area contributed by atoms with Gasteiger partial charge in [0.1, 0.15) is 11.5 Å². The Balaban J connectivity index is 1.39. The molecule has 3 aliphatic heterocycles. The van der Waals surface area contributed by atoms with Crippen molar-refractivity contribution in [3.05, 3.63) is 27.9 Å². The minimum Gasteiger partial charge on any atom is -0.381 e. The molecule has 8 heteroatoms. The lowest BCUT2D eigenvalue weighted by Crippen LogP contribution is -2.39. The number of hydrogen-bond acceptors (Lipinski definition) is 5. The van der Waals surface area contributed by atoms with Gasteiger partial charge < -0.3 is 19.5 Å². The number of aromatic nitrogens is 2. The average molecular weight is 346 g/mol. The maximum atomic E-state index is 12.6. The molecule has 3 fully saturated rings. The van der Waals surface area contributed by atoms with Gasteiger partial charge in [-0.2, -0.15) is 0 Å². The summed E-state index contributed by atoms with van der Waals surface area (Å²) < 4.78 is 5.31. The summed E-state index contributed by atoms with van der Waals surface area (Å²) in [5, 5.41) is 0. The molecule has 25 heavy (non-hydrogen) atoms. The van der Waals surface area contributed by atoms with Crippen molar-refractivity contribution < 1.29 is 14.3 Å². The van der Waals surface area contributed by atoms with Crippen molar-refractivity contribution >= 4 is 11.8 Å². The van der Waals surface area contributed by atoms with E-state index < -0.39 is 0 Å². The Morgan fingerprint density at radius 2 is 1.88 bits per heavy atom. The van der Waals surface area contributed by atoms with E-state index in [0.29, 0.717) is 57.1 Å². The molecule has 4 rings (SSSR count). The van der Waals surface area contributed by atoms with Crippen LogP contribution in [0.2, 0.25) is 0 Å². The lowest BCUT2D eigenvalue weighted by molar-refractivity contribution is -0.134. The predicted octanol–water partition coefficient (Wildman–Crippen LogP) is -0.355. The van der Waals surface area contributed by atoms with Gasteiger partial charge in [-0.15, -0.1) is 0 Å². The van der Waals surface area contributed by atoms with Crippen LogP contribution in [0.5, 0.6) is 0 Å². The highest BCUT2D eigenvalue weighted by Gasteiger charge is 2.44. The van der Waals surface area contributed by atoms with Crippen LogP contribution in [0.3, 0.4) is 0 Å². The third-order valence-corrected chi connectivity index (χ3v) is 5.44. The van der Waals surface area contributed by atoms with Gasteiger partial charge in [0.25, 0.3) is 11.5 Å². The largest absolute Gasteiger partial charge is 0.381 e. The molecule has 1 aromatic rings. The van der Waals surface area contributed by atoms with Gasteiger partial charge in [0, 0.05) is 50.7 Å². The van der Waals surface area contributed by atoms with Crippen LogP contribution in [0, 0.1) is 24.7 Å². The molecule has 3 atom stereocenters. The molecule has 0 bridgehead atoms. The number of H-pyrrole nitrogens is 1. The molecule has 4 heterocycles. The van der Waals surface area contributed by atoms with Crippen molar-refractivity contribution in [3.8, 4) is 0 Å². The molecule has 1 N–H and O–H groups in total. The molecule has 0 radical (unpaired) electrons. The number of aryl methyl sites for hydroxylation is 1. The fraction of sp³-hybridized carbons (Fsp3) is 0.647. The number of ether oxygens (including phenoxy) is 1. The molecule has 8 nitrogen and oxygen atoms in total. The van der Waals surface area contributed by atoms with Crippen LogP contribution >= 0.6 is 0 Å². The van der Waals surface area contributed by atoms with Crippen LogP contribution in [0.1, 0.15) is 22.7 Å². The van der Waals surface area contributed by atoms with Crippen LogP contribution < -0.4 is 5.56 Å². The Hall–Kier alpha value is -2.22. The van der Waals surface area contributed by atoms with Crippen LogP contribution in [-0.4, -0.2) is 71.0 Å². The summed E-state index contributed by atoms with van der Waals surface area (Å²) in [6, 6.07) is 1.25.